The molecule has 0 saturated carbocycles. The molecule has 1 heterocycles. The Morgan fingerprint density at radius 3 is 2.44 bits per heavy atom. The van der Waals surface area contributed by atoms with Crippen LogP contribution in [0, 0.1) is 6.92 Å². The van der Waals surface area contributed by atoms with Gasteiger partial charge in [-0.05, 0) is 54.8 Å². The summed E-state index contributed by atoms with van der Waals surface area (Å²) in [6, 6.07) is 14.8. The molecule has 140 valence electrons. The molecule has 0 aliphatic rings. The van der Waals surface area contributed by atoms with Gasteiger partial charge in [-0.15, -0.1) is 0 Å². The number of nitrogens with zero attached hydrogens (tertiary/aromatic N) is 1. The van der Waals surface area contributed by atoms with Crippen molar-refractivity contribution in [3.63, 3.8) is 0 Å². The molecule has 1 amide bonds. The van der Waals surface area contributed by atoms with Gasteiger partial charge in [0.15, 0.2) is 5.69 Å². The first-order valence-electron chi connectivity index (χ1n) is 8.69. The zero-order valence-electron chi connectivity index (χ0n) is 15.5. The summed E-state index contributed by atoms with van der Waals surface area (Å²) >= 11 is 5.87. The molecule has 0 bridgehead atoms. The van der Waals surface area contributed by atoms with Crippen LogP contribution in [0.15, 0.2) is 53.1 Å². The van der Waals surface area contributed by atoms with Gasteiger partial charge in [0.05, 0.1) is 5.56 Å². The van der Waals surface area contributed by atoms with Gasteiger partial charge in [0, 0.05) is 10.7 Å². The molecule has 0 saturated heterocycles. The second-order valence-electron chi connectivity index (χ2n) is 6.54. The van der Waals surface area contributed by atoms with E-state index >= 15 is 0 Å². The first-order valence-corrected chi connectivity index (χ1v) is 9.06. The van der Waals surface area contributed by atoms with Gasteiger partial charge in [-0.3, -0.25) is 4.79 Å². The molecule has 0 aliphatic heterocycles. The standard InChI is InChI=1S/C21H21ClN2O3/c1-13(2)15-4-8-17(9-5-15)23-21(25)20-19(14(3)27-24-20)12-26-18-10-6-16(22)7-11-18/h4-11,13H,12H2,1-3H3,(H,23,25). The molecule has 3 rings (SSSR count). The summed E-state index contributed by atoms with van der Waals surface area (Å²) in [5, 5.41) is 7.38. The highest BCUT2D eigenvalue weighted by Crippen LogP contribution is 2.21. The highest BCUT2D eigenvalue weighted by Gasteiger charge is 2.20. The van der Waals surface area contributed by atoms with Crippen molar-refractivity contribution in [3.05, 3.63) is 76.1 Å². The van der Waals surface area contributed by atoms with Crippen LogP contribution in [0.1, 0.15) is 47.1 Å². The lowest BCUT2D eigenvalue weighted by Gasteiger charge is -2.09. The fraction of sp³-hybridized carbons (Fsp3) is 0.238. The molecule has 6 heteroatoms. The second kappa shape index (κ2) is 8.27. The predicted octanol–water partition coefficient (Wildman–Crippen LogP) is 5.59. The number of carbonyl (C=O) groups excluding carboxylic acids is 1. The van der Waals surface area contributed by atoms with Crippen molar-refractivity contribution in [1.82, 2.24) is 5.16 Å². The Morgan fingerprint density at radius 1 is 1.15 bits per heavy atom. The van der Waals surface area contributed by atoms with Gasteiger partial charge in [-0.1, -0.05) is 42.7 Å². The van der Waals surface area contributed by atoms with Gasteiger partial charge in [-0.25, -0.2) is 0 Å². The van der Waals surface area contributed by atoms with Crippen LogP contribution in [0.3, 0.4) is 0 Å². The Hall–Kier alpha value is -2.79. The van der Waals surface area contributed by atoms with E-state index in [1.54, 1.807) is 31.2 Å². The monoisotopic (exact) mass is 384 g/mol. The van der Waals surface area contributed by atoms with E-state index in [2.05, 4.69) is 24.3 Å². The molecule has 3 aromatic rings. The Kier molecular flexibility index (Phi) is 5.81. The number of nitrogens with one attached hydrogen (secondary N) is 1. The third-order valence-electron chi connectivity index (χ3n) is 4.23. The maximum atomic E-state index is 12.6. The lowest BCUT2D eigenvalue weighted by molar-refractivity contribution is 0.101. The smallest absolute Gasteiger partial charge is 0.278 e. The summed E-state index contributed by atoms with van der Waals surface area (Å²) in [6.45, 7) is 6.17. The van der Waals surface area contributed by atoms with Crippen LogP contribution in [-0.2, 0) is 6.61 Å². The van der Waals surface area contributed by atoms with Gasteiger partial charge >= 0.3 is 0 Å². The van der Waals surface area contributed by atoms with Crippen LogP contribution >= 0.6 is 11.6 Å². The minimum Gasteiger partial charge on any atom is -0.489 e. The summed E-state index contributed by atoms with van der Waals surface area (Å²) < 4.78 is 10.9. The number of anilines is 1. The van der Waals surface area contributed by atoms with Crippen molar-refractivity contribution in [2.45, 2.75) is 33.3 Å². The van der Waals surface area contributed by atoms with Crippen molar-refractivity contribution in [1.29, 1.82) is 0 Å². The van der Waals surface area contributed by atoms with Gasteiger partial charge in [0.2, 0.25) is 0 Å². The normalized spacial score (nSPS) is 10.9. The van der Waals surface area contributed by atoms with E-state index in [-0.39, 0.29) is 18.2 Å². The number of halogens is 1. The van der Waals surface area contributed by atoms with Crippen LogP contribution in [-0.4, -0.2) is 11.1 Å². The molecule has 27 heavy (non-hydrogen) atoms. The van der Waals surface area contributed by atoms with Gasteiger partial charge in [0.25, 0.3) is 5.91 Å². The zero-order chi connectivity index (χ0) is 19.4. The van der Waals surface area contributed by atoms with E-state index in [9.17, 15) is 4.79 Å². The number of carbonyl (C=O) groups is 1. The molecule has 0 radical (unpaired) electrons. The summed E-state index contributed by atoms with van der Waals surface area (Å²) in [5.74, 6) is 1.29. The summed E-state index contributed by atoms with van der Waals surface area (Å²) in [7, 11) is 0. The number of aromatic nitrogens is 1. The minimum absolute atomic E-state index is 0.173. The number of hydrogen-bond acceptors (Lipinski definition) is 4. The Balaban J connectivity index is 1.70. The zero-order valence-corrected chi connectivity index (χ0v) is 16.2. The molecular formula is C21H21ClN2O3. The molecule has 0 fully saturated rings. The predicted molar refractivity (Wildman–Crippen MR) is 106 cm³/mol. The molecule has 1 N–H and O–H groups in total. The molecule has 5 nitrogen and oxygen atoms in total. The van der Waals surface area contributed by atoms with Crippen LogP contribution in [0.5, 0.6) is 5.75 Å². The van der Waals surface area contributed by atoms with Crippen molar-refractivity contribution >= 4 is 23.2 Å². The number of benzene rings is 2. The third kappa shape index (κ3) is 4.68. The van der Waals surface area contributed by atoms with Gasteiger partial charge in [-0.2, -0.15) is 0 Å². The second-order valence-corrected chi connectivity index (χ2v) is 6.98. The topological polar surface area (TPSA) is 64.4 Å². The number of ether oxygens (including phenoxy) is 1. The summed E-state index contributed by atoms with van der Waals surface area (Å²) in [5.41, 5.74) is 2.74. The molecule has 0 atom stereocenters. The van der Waals surface area contributed by atoms with E-state index in [1.807, 2.05) is 24.3 Å². The fourth-order valence-electron chi connectivity index (χ4n) is 2.57. The lowest BCUT2D eigenvalue weighted by Crippen LogP contribution is -2.15. The number of rotatable bonds is 6. The molecular weight excluding hydrogens is 364 g/mol. The van der Waals surface area contributed by atoms with Crippen molar-refractivity contribution in [2.75, 3.05) is 5.32 Å². The third-order valence-corrected chi connectivity index (χ3v) is 4.48. The number of aryl methyl sites for hydroxylation is 1. The highest BCUT2D eigenvalue weighted by molar-refractivity contribution is 6.30. The maximum Gasteiger partial charge on any atom is 0.278 e. The SMILES string of the molecule is Cc1onc(C(=O)Nc2ccc(C(C)C)cc2)c1COc1ccc(Cl)cc1. The highest BCUT2D eigenvalue weighted by atomic mass is 35.5. The van der Waals surface area contributed by atoms with E-state index < -0.39 is 0 Å². The van der Waals surface area contributed by atoms with E-state index in [4.69, 9.17) is 20.9 Å². The first kappa shape index (κ1) is 19.0. The number of hydrogen-bond donors (Lipinski definition) is 1. The van der Waals surface area contributed by atoms with Crippen molar-refractivity contribution in [3.8, 4) is 5.75 Å². The summed E-state index contributed by atoms with van der Waals surface area (Å²) in [4.78, 5) is 12.6. The molecule has 0 unspecified atom stereocenters. The van der Waals surface area contributed by atoms with E-state index in [0.717, 1.165) is 0 Å². The van der Waals surface area contributed by atoms with Crippen LogP contribution in [0.4, 0.5) is 5.69 Å². The van der Waals surface area contributed by atoms with Crippen LogP contribution in [0.2, 0.25) is 5.02 Å². The molecule has 0 spiro atoms. The maximum absolute atomic E-state index is 12.6. The molecule has 1 aromatic heterocycles. The van der Waals surface area contributed by atoms with Crippen molar-refractivity contribution < 1.29 is 14.1 Å². The van der Waals surface area contributed by atoms with Crippen LogP contribution in [0.25, 0.3) is 0 Å². The van der Waals surface area contributed by atoms with E-state index in [1.165, 1.54) is 5.56 Å². The molecule has 2 aromatic carbocycles. The van der Waals surface area contributed by atoms with Crippen molar-refractivity contribution in [2.24, 2.45) is 0 Å². The Bertz CT molecular complexity index is 916. The molecule has 0 aliphatic carbocycles. The number of amides is 1. The summed E-state index contributed by atoms with van der Waals surface area (Å²) in [6.07, 6.45) is 0. The van der Waals surface area contributed by atoms with E-state index in [0.29, 0.717) is 33.7 Å². The average molecular weight is 385 g/mol. The largest absolute Gasteiger partial charge is 0.489 e. The van der Waals surface area contributed by atoms with Gasteiger partial charge < -0.3 is 14.6 Å². The quantitative estimate of drug-likeness (QED) is 0.601. The Labute approximate surface area is 163 Å². The first-order chi connectivity index (χ1) is 12.9. The minimum atomic E-state index is -0.334. The fourth-order valence-corrected chi connectivity index (χ4v) is 2.69. The Morgan fingerprint density at radius 2 is 1.81 bits per heavy atom. The lowest BCUT2D eigenvalue weighted by atomic mass is 10.0. The van der Waals surface area contributed by atoms with Crippen LogP contribution < -0.4 is 10.1 Å². The average Bonchev–Trinajstić information content (AvgIpc) is 3.02. The van der Waals surface area contributed by atoms with Gasteiger partial charge in [0.1, 0.15) is 18.1 Å².